The Balaban J connectivity index is 3.34. The average Bonchev–Trinajstić information content (AvgIpc) is 2.45. The highest BCUT2D eigenvalue weighted by Crippen LogP contribution is 2.12. The van der Waals surface area contributed by atoms with Gasteiger partial charge >= 0.3 is 5.97 Å². The Morgan fingerprint density at radius 2 is 1.40 bits per heavy atom. The second kappa shape index (κ2) is 14.9. The number of hydrogen-bond acceptors (Lipinski definition) is 2. The van der Waals surface area contributed by atoms with Gasteiger partial charge in [-0.2, -0.15) is 0 Å². The standard InChI is InChI=1S/C18H36O2/c1-4-6-8-10-11-13-15-18(19)20-16-17(3)14-12-9-7-5-2/h17H,4-16H2,1-3H3. The van der Waals surface area contributed by atoms with E-state index in [0.29, 0.717) is 18.9 Å². The number of unbranched alkanes of at least 4 members (excludes halogenated alkanes) is 8. The monoisotopic (exact) mass is 284 g/mol. The van der Waals surface area contributed by atoms with E-state index >= 15 is 0 Å². The molecule has 1 atom stereocenters. The SMILES string of the molecule is CCCCCCCCC(=O)OCC(C)CCCCCC. The lowest BCUT2D eigenvalue weighted by Gasteiger charge is -2.11. The van der Waals surface area contributed by atoms with Gasteiger partial charge in [0.15, 0.2) is 0 Å². The Kier molecular flexibility index (Phi) is 14.5. The van der Waals surface area contributed by atoms with E-state index in [4.69, 9.17) is 4.74 Å². The minimum Gasteiger partial charge on any atom is -0.465 e. The Morgan fingerprint density at radius 3 is 2.05 bits per heavy atom. The van der Waals surface area contributed by atoms with E-state index in [9.17, 15) is 4.79 Å². The van der Waals surface area contributed by atoms with Crippen molar-refractivity contribution in [1.82, 2.24) is 0 Å². The van der Waals surface area contributed by atoms with E-state index in [2.05, 4.69) is 20.8 Å². The number of carbonyl (C=O) groups excluding carboxylic acids is 1. The highest BCUT2D eigenvalue weighted by molar-refractivity contribution is 5.69. The van der Waals surface area contributed by atoms with Gasteiger partial charge in [-0.25, -0.2) is 0 Å². The molecule has 0 aliphatic heterocycles. The van der Waals surface area contributed by atoms with Gasteiger partial charge < -0.3 is 4.74 Å². The molecule has 0 aromatic carbocycles. The molecule has 120 valence electrons. The van der Waals surface area contributed by atoms with Crippen LogP contribution in [0.5, 0.6) is 0 Å². The second-order valence-electron chi connectivity index (χ2n) is 6.16. The molecule has 1 unspecified atom stereocenters. The summed E-state index contributed by atoms with van der Waals surface area (Å²) in [6.07, 6.45) is 14.3. The number of rotatable bonds is 14. The first-order valence-electron chi connectivity index (χ1n) is 8.86. The lowest BCUT2D eigenvalue weighted by molar-refractivity contribution is -0.145. The van der Waals surface area contributed by atoms with Crippen LogP contribution < -0.4 is 0 Å². The first-order valence-corrected chi connectivity index (χ1v) is 8.86. The molecule has 2 nitrogen and oxygen atoms in total. The van der Waals surface area contributed by atoms with Crippen LogP contribution in [0.4, 0.5) is 0 Å². The average molecular weight is 284 g/mol. The summed E-state index contributed by atoms with van der Waals surface area (Å²) >= 11 is 0. The van der Waals surface area contributed by atoms with Crippen molar-refractivity contribution in [1.29, 1.82) is 0 Å². The van der Waals surface area contributed by atoms with Crippen LogP contribution in [0, 0.1) is 5.92 Å². The molecule has 0 amide bonds. The molecule has 0 rings (SSSR count). The van der Waals surface area contributed by atoms with Gasteiger partial charge in [-0.05, 0) is 18.8 Å². The van der Waals surface area contributed by atoms with E-state index in [-0.39, 0.29) is 5.97 Å². The molecule has 0 radical (unpaired) electrons. The molecular weight excluding hydrogens is 248 g/mol. The summed E-state index contributed by atoms with van der Waals surface area (Å²) in [4.78, 5) is 11.6. The first-order chi connectivity index (χ1) is 9.70. The largest absolute Gasteiger partial charge is 0.465 e. The molecule has 0 aromatic rings. The van der Waals surface area contributed by atoms with Gasteiger partial charge in [-0.3, -0.25) is 4.79 Å². The Morgan fingerprint density at radius 1 is 0.850 bits per heavy atom. The normalized spacial score (nSPS) is 12.3. The molecule has 0 fully saturated rings. The maximum absolute atomic E-state index is 11.6. The fourth-order valence-electron chi connectivity index (χ4n) is 2.36. The van der Waals surface area contributed by atoms with Crippen molar-refractivity contribution in [3.63, 3.8) is 0 Å². The fourth-order valence-corrected chi connectivity index (χ4v) is 2.36. The second-order valence-corrected chi connectivity index (χ2v) is 6.16. The van der Waals surface area contributed by atoms with Gasteiger partial charge in [-0.1, -0.05) is 78.6 Å². The summed E-state index contributed by atoms with van der Waals surface area (Å²) in [6, 6.07) is 0. The van der Waals surface area contributed by atoms with E-state index in [1.165, 1.54) is 64.2 Å². The lowest BCUT2D eigenvalue weighted by atomic mass is 10.0. The van der Waals surface area contributed by atoms with E-state index in [1.807, 2.05) is 0 Å². The summed E-state index contributed by atoms with van der Waals surface area (Å²) in [7, 11) is 0. The molecule has 2 heteroatoms. The molecule has 0 aliphatic rings. The van der Waals surface area contributed by atoms with Crippen molar-refractivity contribution in [3.8, 4) is 0 Å². The van der Waals surface area contributed by atoms with Crippen LogP contribution in [0.15, 0.2) is 0 Å². The van der Waals surface area contributed by atoms with Crippen LogP contribution in [-0.4, -0.2) is 12.6 Å². The van der Waals surface area contributed by atoms with Crippen molar-refractivity contribution < 1.29 is 9.53 Å². The van der Waals surface area contributed by atoms with Crippen molar-refractivity contribution in [3.05, 3.63) is 0 Å². The Labute approximate surface area is 126 Å². The van der Waals surface area contributed by atoms with Crippen molar-refractivity contribution in [2.45, 2.75) is 97.8 Å². The Bertz CT molecular complexity index is 213. The van der Waals surface area contributed by atoms with Gasteiger partial charge in [0.2, 0.25) is 0 Å². The molecule has 20 heavy (non-hydrogen) atoms. The van der Waals surface area contributed by atoms with Crippen LogP contribution >= 0.6 is 0 Å². The molecule has 0 bridgehead atoms. The van der Waals surface area contributed by atoms with Crippen molar-refractivity contribution >= 4 is 5.97 Å². The van der Waals surface area contributed by atoms with Crippen LogP contribution in [0.25, 0.3) is 0 Å². The third-order valence-electron chi connectivity index (χ3n) is 3.81. The summed E-state index contributed by atoms with van der Waals surface area (Å²) in [5.41, 5.74) is 0. The minimum atomic E-state index is 0.000833. The predicted octanol–water partition coefficient (Wildman–Crippen LogP) is 5.89. The zero-order valence-electron chi connectivity index (χ0n) is 14.1. The first kappa shape index (κ1) is 19.5. The number of esters is 1. The van der Waals surface area contributed by atoms with E-state index < -0.39 is 0 Å². The van der Waals surface area contributed by atoms with Gasteiger partial charge in [0.25, 0.3) is 0 Å². The van der Waals surface area contributed by atoms with E-state index in [1.54, 1.807) is 0 Å². The summed E-state index contributed by atoms with van der Waals surface area (Å²) < 4.78 is 5.35. The van der Waals surface area contributed by atoms with Crippen LogP contribution in [-0.2, 0) is 9.53 Å². The summed E-state index contributed by atoms with van der Waals surface area (Å²) in [5, 5.41) is 0. The zero-order valence-corrected chi connectivity index (χ0v) is 14.1. The predicted molar refractivity (Wildman–Crippen MR) is 86.9 cm³/mol. The molecule has 0 spiro atoms. The van der Waals surface area contributed by atoms with Crippen molar-refractivity contribution in [2.24, 2.45) is 5.92 Å². The lowest BCUT2D eigenvalue weighted by Crippen LogP contribution is -2.11. The quantitative estimate of drug-likeness (QED) is 0.294. The molecular formula is C18H36O2. The van der Waals surface area contributed by atoms with Gasteiger partial charge in [0, 0.05) is 6.42 Å². The molecule has 0 heterocycles. The van der Waals surface area contributed by atoms with Gasteiger partial charge in [0.05, 0.1) is 6.61 Å². The third kappa shape index (κ3) is 13.9. The molecule has 0 aliphatic carbocycles. The molecule has 0 N–H and O–H groups in total. The van der Waals surface area contributed by atoms with Crippen molar-refractivity contribution in [2.75, 3.05) is 6.61 Å². The Hall–Kier alpha value is -0.530. The fraction of sp³-hybridized carbons (Fsp3) is 0.944. The molecule has 0 aromatic heterocycles. The highest BCUT2D eigenvalue weighted by Gasteiger charge is 2.07. The van der Waals surface area contributed by atoms with Gasteiger partial charge in [-0.15, -0.1) is 0 Å². The maximum atomic E-state index is 11.6. The third-order valence-corrected chi connectivity index (χ3v) is 3.81. The summed E-state index contributed by atoms with van der Waals surface area (Å²) in [6.45, 7) is 7.25. The highest BCUT2D eigenvalue weighted by atomic mass is 16.5. The zero-order chi connectivity index (χ0) is 15.1. The minimum absolute atomic E-state index is 0.000833. The van der Waals surface area contributed by atoms with Gasteiger partial charge in [0.1, 0.15) is 0 Å². The molecule has 0 saturated carbocycles. The summed E-state index contributed by atoms with van der Waals surface area (Å²) in [5.74, 6) is 0.515. The van der Waals surface area contributed by atoms with E-state index in [0.717, 1.165) is 6.42 Å². The topological polar surface area (TPSA) is 26.3 Å². The van der Waals surface area contributed by atoms with Crippen LogP contribution in [0.1, 0.15) is 97.8 Å². The number of carbonyl (C=O) groups is 1. The molecule has 0 saturated heterocycles. The number of ether oxygens (including phenoxy) is 1. The smallest absolute Gasteiger partial charge is 0.305 e. The van der Waals surface area contributed by atoms with Crippen LogP contribution in [0.3, 0.4) is 0 Å². The maximum Gasteiger partial charge on any atom is 0.305 e. The van der Waals surface area contributed by atoms with Crippen LogP contribution in [0.2, 0.25) is 0 Å². The number of hydrogen-bond donors (Lipinski definition) is 0.